The predicted molar refractivity (Wildman–Crippen MR) is 115 cm³/mol. The van der Waals surface area contributed by atoms with Gasteiger partial charge in [-0.3, -0.25) is 4.79 Å². The molecule has 1 saturated heterocycles. The van der Waals surface area contributed by atoms with Gasteiger partial charge in [0.25, 0.3) is 0 Å². The van der Waals surface area contributed by atoms with Gasteiger partial charge in [0, 0.05) is 43.2 Å². The van der Waals surface area contributed by atoms with E-state index in [0.717, 1.165) is 10.9 Å². The van der Waals surface area contributed by atoms with Crippen LogP contribution in [-0.4, -0.2) is 63.9 Å². The summed E-state index contributed by atoms with van der Waals surface area (Å²) in [6.45, 7) is 1.20. The summed E-state index contributed by atoms with van der Waals surface area (Å²) < 4.78 is 43.0. The first kappa shape index (κ1) is 21.2. The molecule has 3 aromatic rings. The van der Waals surface area contributed by atoms with Gasteiger partial charge in [-0.25, -0.2) is 8.42 Å². The number of hydrogen-bond donors (Lipinski definition) is 0. The molecule has 164 valence electrons. The third-order valence-corrected chi connectivity index (χ3v) is 7.41. The number of hydrogen-bond acceptors (Lipinski definition) is 6. The van der Waals surface area contributed by atoms with E-state index in [1.165, 1.54) is 23.5 Å². The Labute approximate surface area is 181 Å². The summed E-state index contributed by atoms with van der Waals surface area (Å²) in [5.41, 5.74) is 1.47. The standard InChI is InChI=1S/C22H24N2O6S/c1-28-17-3-6-19(7-4-17)31(26,27)24-11-9-23(10-12-24)22(25)13-16-15-30-21-14-18(29-2)5-8-20(16)21/h3-8,14-15H,9-13H2,1-2H3. The molecule has 0 spiro atoms. The quantitative estimate of drug-likeness (QED) is 0.581. The highest BCUT2D eigenvalue weighted by Gasteiger charge is 2.30. The van der Waals surface area contributed by atoms with Gasteiger partial charge in [0.1, 0.15) is 17.1 Å². The fraction of sp³-hybridized carbons (Fsp3) is 0.318. The number of fused-ring (bicyclic) bond motifs is 1. The highest BCUT2D eigenvalue weighted by molar-refractivity contribution is 7.89. The van der Waals surface area contributed by atoms with Gasteiger partial charge in [0.05, 0.1) is 31.8 Å². The van der Waals surface area contributed by atoms with Gasteiger partial charge in [-0.1, -0.05) is 0 Å². The molecule has 4 rings (SSSR count). The molecule has 1 amide bonds. The second-order valence-electron chi connectivity index (χ2n) is 7.26. The van der Waals surface area contributed by atoms with Crippen molar-refractivity contribution in [2.24, 2.45) is 0 Å². The van der Waals surface area contributed by atoms with Crippen LogP contribution in [0.4, 0.5) is 0 Å². The third kappa shape index (κ3) is 4.24. The summed E-state index contributed by atoms with van der Waals surface area (Å²) in [5, 5.41) is 0.870. The maximum Gasteiger partial charge on any atom is 0.243 e. The Morgan fingerprint density at radius 3 is 2.26 bits per heavy atom. The lowest BCUT2D eigenvalue weighted by atomic mass is 10.1. The molecule has 0 N–H and O–H groups in total. The lowest BCUT2D eigenvalue weighted by Gasteiger charge is -2.34. The molecule has 9 heteroatoms. The topological polar surface area (TPSA) is 89.3 Å². The van der Waals surface area contributed by atoms with Gasteiger partial charge in [0.2, 0.25) is 15.9 Å². The Morgan fingerprint density at radius 2 is 1.61 bits per heavy atom. The van der Waals surface area contributed by atoms with Crippen molar-refractivity contribution in [1.29, 1.82) is 0 Å². The lowest BCUT2D eigenvalue weighted by molar-refractivity contribution is -0.131. The predicted octanol–water partition coefficient (Wildman–Crippen LogP) is 2.53. The zero-order valence-electron chi connectivity index (χ0n) is 17.4. The van der Waals surface area contributed by atoms with Crippen LogP contribution in [0, 0.1) is 0 Å². The van der Waals surface area contributed by atoms with E-state index in [9.17, 15) is 13.2 Å². The lowest BCUT2D eigenvalue weighted by Crippen LogP contribution is -2.50. The van der Waals surface area contributed by atoms with Crippen LogP contribution < -0.4 is 9.47 Å². The minimum absolute atomic E-state index is 0.0555. The Bertz CT molecular complexity index is 1180. The molecule has 0 radical (unpaired) electrons. The Kier molecular flexibility index (Phi) is 5.88. The molecule has 1 aliphatic rings. The van der Waals surface area contributed by atoms with Crippen LogP contribution in [0.5, 0.6) is 11.5 Å². The molecule has 1 aliphatic heterocycles. The molecule has 1 aromatic heterocycles. The number of rotatable bonds is 6. The molecule has 2 aromatic carbocycles. The van der Waals surface area contributed by atoms with Gasteiger partial charge in [-0.05, 0) is 36.4 Å². The number of furan rings is 1. The van der Waals surface area contributed by atoms with Crippen LogP contribution >= 0.6 is 0 Å². The first-order valence-electron chi connectivity index (χ1n) is 9.88. The average molecular weight is 445 g/mol. The van der Waals surface area contributed by atoms with Crippen molar-refractivity contribution in [3.63, 3.8) is 0 Å². The summed E-state index contributed by atoms with van der Waals surface area (Å²) in [6.07, 6.45) is 1.79. The summed E-state index contributed by atoms with van der Waals surface area (Å²) in [7, 11) is -0.492. The van der Waals surface area contributed by atoms with E-state index in [4.69, 9.17) is 13.9 Å². The number of ether oxygens (including phenoxy) is 2. The van der Waals surface area contributed by atoms with E-state index in [1.54, 1.807) is 36.5 Å². The average Bonchev–Trinajstić information content (AvgIpc) is 3.20. The van der Waals surface area contributed by atoms with Crippen molar-refractivity contribution in [3.05, 3.63) is 54.3 Å². The number of benzene rings is 2. The first-order valence-corrected chi connectivity index (χ1v) is 11.3. The summed E-state index contributed by atoms with van der Waals surface area (Å²) in [5.74, 6) is 1.23. The van der Waals surface area contributed by atoms with Crippen LogP contribution in [0.3, 0.4) is 0 Å². The molecule has 8 nitrogen and oxygen atoms in total. The highest BCUT2D eigenvalue weighted by Crippen LogP contribution is 2.26. The number of carbonyl (C=O) groups excluding carboxylic acids is 1. The monoisotopic (exact) mass is 444 g/mol. The van der Waals surface area contributed by atoms with Gasteiger partial charge in [-0.15, -0.1) is 0 Å². The first-order chi connectivity index (χ1) is 14.9. The van der Waals surface area contributed by atoms with Crippen molar-refractivity contribution >= 4 is 26.9 Å². The SMILES string of the molecule is COc1ccc(S(=O)(=O)N2CCN(C(=O)Cc3coc4cc(OC)ccc34)CC2)cc1. The second kappa shape index (κ2) is 8.60. The minimum atomic E-state index is -3.61. The molecule has 0 saturated carbocycles. The highest BCUT2D eigenvalue weighted by atomic mass is 32.2. The van der Waals surface area contributed by atoms with Gasteiger partial charge in [-0.2, -0.15) is 4.31 Å². The molecule has 0 atom stereocenters. The van der Waals surface area contributed by atoms with Crippen molar-refractivity contribution in [3.8, 4) is 11.5 Å². The maximum absolute atomic E-state index is 12.9. The van der Waals surface area contributed by atoms with Crippen molar-refractivity contribution in [1.82, 2.24) is 9.21 Å². The van der Waals surface area contributed by atoms with Crippen LogP contribution in [0.2, 0.25) is 0 Å². The van der Waals surface area contributed by atoms with E-state index in [-0.39, 0.29) is 30.3 Å². The fourth-order valence-corrected chi connectivity index (χ4v) is 5.10. The van der Waals surface area contributed by atoms with Crippen molar-refractivity contribution < 1.29 is 27.1 Å². The summed E-state index contributed by atoms with van der Waals surface area (Å²) in [6, 6.07) is 11.8. The minimum Gasteiger partial charge on any atom is -0.497 e. The number of piperazine rings is 1. The Morgan fingerprint density at radius 1 is 0.968 bits per heavy atom. The third-order valence-electron chi connectivity index (χ3n) is 5.49. The number of sulfonamides is 1. The second-order valence-corrected chi connectivity index (χ2v) is 9.20. The van der Waals surface area contributed by atoms with Crippen LogP contribution in [0.1, 0.15) is 5.56 Å². The molecule has 2 heterocycles. The van der Waals surface area contributed by atoms with Gasteiger partial charge < -0.3 is 18.8 Å². The van der Waals surface area contributed by atoms with Crippen molar-refractivity contribution in [2.45, 2.75) is 11.3 Å². The van der Waals surface area contributed by atoms with Gasteiger partial charge in [0.15, 0.2) is 0 Å². The van der Waals surface area contributed by atoms with Crippen LogP contribution in [-0.2, 0) is 21.2 Å². The molecular weight excluding hydrogens is 420 g/mol. The molecule has 0 unspecified atom stereocenters. The number of amides is 1. The van der Waals surface area contributed by atoms with Crippen LogP contribution in [0.15, 0.2) is 58.0 Å². The summed E-state index contributed by atoms with van der Waals surface area (Å²) in [4.78, 5) is 14.7. The molecular formula is C22H24N2O6S. The van der Waals surface area contributed by atoms with E-state index in [2.05, 4.69) is 0 Å². The molecule has 0 aliphatic carbocycles. The van der Waals surface area contributed by atoms with Gasteiger partial charge >= 0.3 is 0 Å². The Balaban J connectivity index is 1.39. The van der Waals surface area contributed by atoms with Crippen molar-refractivity contribution in [2.75, 3.05) is 40.4 Å². The summed E-state index contributed by atoms with van der Waals surface area (Å²) >= 11 is 0. The number of methoxy groups -OCH3 is 2. The molecule has 31 heavy (non-hydrogen) atoms. The van der Waals surface area contributed by atoms with E-state index < -0.39 is 10.0 Å². The molecule has 0 bridgehead atoms. The normalized spacial score (nSPS) is 15.2. The maximum atomic E-state index is 12.9. The number of carbonyl (C=O) groups is 1. The van der Waals surface area contributed by atoms with E-state index >= 15 is 0 Å². The zero-order chi connectivity index (χ0) is 22.0. The number of nitrogens with zero attached hydrogens (tertiary/aromatic N) is 2. The van der Waals surface area contributed by atoms with E-state index in [1.807, 2.05) is 12.1 Å². The molecule has 1 fully saturated rings. The van der Waals surface area contributed by atoms with E-state index in [0.29, 0.717) is 30.2 Å². The Hall–Kier alpha value is -3.04. The zero-order valence-corrected chi connectivity index (χ0v) is 18.2. The van der Waals surface area contributed by atoms with Crippen LogP contribution in [0.25, 0.3) is 11.0 Å². The fourth-order valence-electron chi connectivity index (χ4n) is 3.68. The smallest absolute Gasteiger partial charge is 0.243 e. The largest absolute Gasteiger partial charge is 0.497 e.